The van der Waals surface area contributed by atoms with Gasteiger partial charge in [0.05, 0.1) is 13.2 Å². The summed E-state index contributed by atoms with van der Waals surface area (Å²) >= 11 is 0. The molecule has 1 atom stereocenters. The SMILES string of the molecule is C[C@H](CN1CCOCC1)NC(=O)c1cc(C2CC2)[nH]n1. The van der Waals surface area contributed by atoms with Crippen molar-refractivity contribution in [3.8, 4) is 0 Å². The van der Waals surface area contributed by atoms with E-state index in [0.717, 1.165) is 38.5 Å². The van der Waals surface area contributed by atoms with Gasteiger partial charge in [-0.2, -0.15) is 5.10 Å². The van der Waals surface area contributed by atoms with E-state index >= 15 is 0 Å². The highest BCUT2D eigenvalue weighted by atomic mass is 16.5. The Bertz CT molecular complexity index is 463. The highest BCUT2D eigenvalue weighted by Gasteiger charge is 2.26. The third kappa shape index (κ3) is 3.37. The minimum Gasteiger partial charge on any atom is -0.379 e. The molecule has 2 fully saturated rings. The average Bonchev–Trinajstić information content (AvgIpc) is 3.17. The van der Waals surface area contributed by atoms with Crippen LogP contribution in [0.2, 0.25) is 0 Å². The van der Waals surface area contributed by atoms with Gasteiger partial charge >= 0.3 is 0 Å². The normalized spacial score (nSPS) is 21.6. The number of aromatic nitrogens is 2. The summed E-state index contributed by atoms with van der Waals surface area (Å²) in [6.45, 7) is 6.33. The summed E-state index contributed by atoms with van der Waals surface area (Å²) in [5.41, 5.74) is 1.59. The first kappa shape index (κ1) is 13.6. The molecule has 0 spiro atoms. The molecule has 1 saturated heterocycles. The molecule has 1 amide bonds. The molecule has 110 valence electrons. The van der Waals surface area contributed by atoms with Crippen molar-refractivity contribution in [3.63, 3.8) is 0 Å². The number of morpholine rings is 1. The number of carbonyl (C=O) groups is 1. The number of nitrogens with one attached hydrogen (secondary N) is 2. The van der Waals surface area contributed by atoms with Gasteiger partial charge in [0.1, 0.15) is 5.69 Å². The second kappa shape index (κ2) is 5.93. The van der Waals surface area contributed by atoms with Crippen molar-refractivity contribution >= 4 is 5.91 Å². The van der Waals surface area contributed by atoms with Crippen LogP contribution in [-0.2, 0) is 4.74 Å². The van der Waals surface area contributed by atoms with Gasteiger partial charge in [0.2, 0.25) is 0 Å². The lowest BCUT2D eigenvalue weighted by molar-refractivity contribution is 0.0342. The van der Waals surface area contributed by atoms with Crippen LogP contribution in [-0.4, -0.2) is 59.9 Å². The van der Waals surface area contributed by atoms with E-state index in [0.29, 0.717) is 11.6 Å². The van der Waals surface area contributed by atoms with E-state index in [9.17, 15) is 4.79 Å². The smallest absolute Gasteiger partial charge is 0.272 e. The Morgan fingerprint density at radius 2 is 2.30 bits per heavy atom. The lowest BCUT2D eigenvalue weighted by Crippen LogP contribution is -2.46. The number of carbonyl (C=O) groups excluding carboxylic acids is 1. The van der Waals surface area contributed by atoms with Crippen LogP contribution in [0.25, 0.3) is 0 Å². The molecule has 2 heterocycles. The van der Waals surface area contributed by atoms with Gasteiger partial charge in [-0.05, 0) is 25.8 Å². The van der Waals surface area contributed by atoms with Crippen LogP contribution in [0.4, 0.5) is 0 Å². The van der Waals surface area contributed by atoms with Gasteiger partial charge < -0.3 is 10.1 Å². The minimum atomic E-state index is -0.0890. The first-order chi connectivity index (χ1) is 9.72. The first-order valence-electron chi connectivity index (χ1n) is 7.38. The fraction of sp³-hybridized carbons (Fsp3) is 0.714. The number of ether oxygens (including phenoxy) is 1. The quantitative estimate of drug-likeness (QED) is 0.833. The van der Waals surface area contributed by atoms with Crippen LogP contribution in [0.3, 0.4) is 0 Å². The maximum atomic E-state index is 12.1. The second-order valence-corrected chi connectivity index (χ2v) is 5.77. The lowest BCUT2D eigenvalue weighted by atomic mass is 10.2. The molecule has 1 aromatic heterocycles. The van der Waals surface area contributed by atoms with Crippen LogP contribution >= 0.6 is 0 Å². The molecule has 0 bridgehead atoms. The molecule has 3 rings (SSSR count). The third-order valence-electron chi connectivity index (χ3n) is 3.86. The number of hydrogen-bond acceptors (Lipinski definition) is 4. The van der Waals surface area contributed by atoms with E-state index in [4.69, 9.17) is 4.74 Å². The summed E-state index contributed by atoms with van der Waals surface area (Å²) in [5.74, 6) is 0.503. The summed E-state index contributed by atoms with van der Waals surface area (Å²) in [6.07, 6.45) is 2.41. The van der Waals surface area contributed by atoms with Crippen molar-refractivity contribution < 1.29 is 9.53 Å². The summed E-state index contributed by atoms with van der Waals surface area (Å²) < 4.78 is 5.32. The second-order valence-electron chi connectivity index (χ2n) is 5.77. The van der Waals surface area contributed by atoms with E-state index in [2.05, 4.69) is 20.4 Å². The van der Waals surface area contributed by atoms with Gasteiger partial charge in [-0.25, -0.2) is 0 Å². The maximum Gasteiger partial charge on any atom is 0.272 e. The number of hydrogen-bond donors (Lipinski definition) is 2. The molecule has 1 aliphatic carbocycles. The van der Waals surface area contributed by atoms with Crippen molar-refractivity contribution in [2.24, 2.45) is 0 Å². The lowest BCUT2D eigenvalue weighted by Gasteiger charge is -2.29. The predicted molar refractivity (Wildman–Crippen MR) is 74.7 cm³/mol. The zero-order chi connectivity index (χ0) is 13.9. The van der Waals surface area contributed by atoms with Gasteiger partial charge in [-0.15, -0.1) is 0 Å². The van der Waals surface area contributed by atoms with Crippen molar-refractivity contribution in [2.45, 2.75) is 31.7 Å². The topological polar surface area (TPSA) is 70.2 Å². The number of H-pyrrole nitrogens is 1. The Kier molecular flexibility index (Phi) is 4.03. The van der Waals surface area contributed by atoms with E-state index in [1.54, 1.807) is 0 Å². The highest BCUT2D eigenvalue weighted by Crippen LogP contribution is 2.38. The summed E-state index contributed by atoms with van der Waals surface area (Å²) in [4.78, 5) is 14.4. The van der Waals surface area contributed by atoms with Crippen molar-refractivity contribution in [3.05, 3.63) is 17.5 Å². The van der Waals surface area contributed by atoms with E-state index in [-0.39, 0.29) is 11.9 Å². The molecule has 0 aromatic carbocycles. The minimum absolute atomic E-state index is 0.0890. The molecule has 6 nitrogen and oxygen atoms in total. The van der Waals surface area contributed by atoms with E-state index in [1.807, 2.05) is 13.0 Å². The molecule has 20 heavy (non-hydrogen) atoms. The summed E-state index contributed by atoms with van der Waals surface area (Å²) in [5, 5.41) is 10.1. The molecule has 1 saturated carbocycles. The van der Waals surface area contributed by atoms with Gasteiger partial charge in [0.25, 0.3) is 5.91 Å². The average molecular weight is 278 g/mol. The van der Waals surface area contributed by atoms with Crippen LogP contribution < -0.4 is 5.32 Å². The third-order valence-corrected chi connectivity index (χ3v) is 3.86. The molecule has 6 heteroatoms. The van der Waals surface area contributed by atoms with Gasteiger partial charge in [-0.3, -0.25) is 14.8 Å². The zero-order valence-electron chi connectivity index (χ0n) is 11.9. The largest absolute Gasteiger partial charge is 0.379 e. The van der Waals surface area contributed by atoms with Gasteiger partial charge in [0.15, 0.2) is 0 Å². The Morgan fingerprint density at radius 1 is 1.55 bits per heavy atom. The first-order valence-corrected chi connectivity index (χ1v) is 7.38. The Balaban J connectivity index is 1.49. The van der Waals surface area contributed by atoms with Gasteiger partial charge in [0, 0.05) is 37.3 Å². The Hall–Kier alpha value is -1.40. The van der Waals surface area contributed by atoms with Crippen LogP contribution in [0, 0.1) is 0 Å². The van der Waals surface area contributed by atoms with Crippen LogP contribution in [0.1, 0.15) is 41.9 Å². The monoisotopic (exact) mass is 278 g/mol. The molecule has 1 aliphatic heterocycles. The zero-order valence-corrected chi connectivity index (χ0v) is 11.9. The number of aromatic amines is 1. The van der Waals surface area contributed by atoms with Crippen molar-refractivity contribution in [1.82, 2.24) is 20.4 Å². The Morgan fingerprint density at radius 3 is 3.00 bits per heavy atom. The molecule has 2 N–H and O–H groups in total. The molecule has 0 unspecified atom stereocenters. The van der Waals surface area contributed by atoms with Gasteiger partial charge in [-0.1, -0.05) is 0 Å². The van der Waals surface area contributed by atoms with Crippen molar-refractivity contribution in [2.75, 3.05) is 32.8 Å². The standard InChI is InChI=1S/C14H22N4O2/c1-10(9-18-4-6-20-7-5-18)15-14(19)13-8-12(16-17-13)11-2-3-11/h8,10-11H,2-7,9H2,1H3,(H,15,19)(H,16,17)/t10-/m1/s1. The van der Waals surface area contributed by atoms with Crippen LogP contribution in [0.15, 0.2) is 6.07 Å². The number of amides is 1. The molecular weight excluding hydrogens is 256 g/mol. The number of nitrogens with zero attached hydrogens (tertiary/aromatic N) is 2. The number of rotatable bonds is 5. The van der Waals surface area contributed by atoms with E-state index in [1.165, 1.54) is 12.8 Å². The fourth-order valence-electron chi connectivity index (χ4n) is 2.57. The van der Waals surface area contributed by atoms with E-state index < -0.39 is 0 Å². The Labute approximate surface area is 118 Å². The molecule has 0 radical (unpaired) electrons. The predicted octanol–water partition coefficient (Wildman–Crippen LogP) is 0.738. The highest BCUT2D eigenvalue weighted by molar-refractivity contribution is 5.92. The molecule has 2 aliphatic rings. The maximum absolute atomic E-state index is 12.1. The fourth-order valence-corrected chi connectivity index (χ4v) is 2.57. The van der Waals surface area contributed by atoms with Crippen molar-refractivity contribution in [1.29, 1.82) is 0 Å². The molecular formula is C14H22N4O2. The van der Waals surface area contributed by atoms with Crippen LogP contribution in [0.5, 0.6) is 0 Å². The molecule has 1 aromatic rings. The summed E-state index contributed by atoms with van der Waals surface area (Å²) in [7, 11) is 0. The summed E-state index contributed by atoms with van der Waals surface area (Å²) in [6, 6.07) is 2.00.